The van der Waals surface area contributed by atoms with Crippen LogP contribution in [0.25, 0.3) is 0 Å². The first-order valence-electron chi connectivity index (χ1n) is 7.22. The first kappa shape index (κ1) is 16.9. The van der Waals surface area contributed by atoms with Crippen LogP contribution in [0.15, 0.2) is 0 Å². The Bertz CT molecular complexity index is 168. The second kappa shape index (κ2) is 9.86. The van der Waals surface area contributed by atoms with Gasteiger partial charge in [-0.25, -0.2) is 0 Å². The molecule has 3 heteroatoms. The molecule has 0 saturated heterocycles. The predicted octanol–water partition coefficient (Wildman–Crippen LogP) is 2.76. The topological polar surface area (TPSA) is 43.7 Å². The number of hydrogen-bond donors (Lipinski definition) is 2. The van der Waals surface area contributed by atoms with Gasteiger partial charge in [0.25, 0.3) is 0 Å². The van der Waals surface area contributed by atoms with Crippen LogP contribution in [0.1, 0.15) is 65.7 Å². The Labute approximate surface area is 107 Å². The first-order chi connectivity index (χ1) is 8.14. The molecule has 0 aromatic carbocycles. The standard InChI is InChI=1S/C14H31NO2/c1-4-7-10-14(17,13-16)15(11-8-5-2)12-9-6-3/h16-17H,4-13H2,1-3H3. The maximum Gasteiger partial charge on any atom is 0.141 e. The fourth-order valence-corrected chi connectivity index (χ4v) is 2.02. The van der Waals surface area contributed by atoms with Crippen LogP contribution in [0.5, 0.6) is 0 Å². The zero-order chi connectivity index (χ0) is 13.1. The predicted molar refractivity (Wildman–Crippen MR) is 72.9 cm³/mol. The van der Waals surface area contributed by atoms with Crippen LogP contribution in [0.3, 0.4) is 0 Å². The van der Waals surface area contributed by atoms with E-state index >= 15 is 0 Å². The summed E-state index contributed by atoms with van der Waals surface area (Å²) in [6, 6.07) is 0. The van der Waals surface area contributed by atoms with E-state index in [1.165, 1.54) is 0 Å². The second-order valence-corrected chi connectivity index (χ2v) is 4.94. The van der Waals surface area contributed by atoms with E-state index in [-0.39, 0.29) is 6.61 Å². The zero-order valence-electron chi connectivity index (χ0n) is 11.9. The number of aliphatic hydroxyl groups is 2. The fraction of sp³-hybridized carbons (Fsp3) is 1.00. The van der Waals surface area contributed by atoms with Crippen molar-refractivity contribution in [3.05, 3.63) is 0 Å². The molecule has 0 radical (unpaired) electrons. The number of rotatable bonds is 11. The van der Waals surface area contributed by atoms with Gasteiger partial charge >= 0.3 is 0 Å². The van der Waals surface area contributed by atoms with E-state index in [9.17, 15) is 10.2 Å². The van der Waals surface area contributed by atoms with Gasteiger partial charge in [0, 0.05) is 13.1 Å². The minimum absolute atomic E-state index is 0.152. The summed E-state index contributed by atoms with van der Waals surface area (Å²) in [6.45, 7) is 8.04. The van der Waals surface area contributed by atoms with Crippen molar-refractivity contribution in [2.45, 2.75) is 71.4 Å². The number of nitrogens with zero attached hydrogens (tertiary/aromatic N) is 1. The summed E-state index contributed by atoms with van der Waals surface area (Å²) >= 11 is 0. The van der Waals surface area contributed by atoms with Gasteiger partial charge in [-0.2, -0.15) is 0 Å². The van der Waals surface area contributed by atoms with Crippen molar-refractivity contribution in [3.8, 4) is 0 Å². The highest BCUT2D eigenvalue weighted by Crippen LogP contribution is 2.20. The van der Waals surface area contributed by atoms with Crippen LogP contribution < -0.4 is 0 Å². The molecule has 0 spiro atoms. The molecule has 2 N–H and O–H groups in total. The Morgan fingerprint density at radius 2 is 1.35 bits per heavy atom. The van der Waals surface area contributed by atoms with E-state index in [0.717, 1.165) is 51.6 Å². The lowest BCUT2D eigenvalue weighted by molar-refractivity contribution is -0.145. The molecule has 0 rings (SSSR count). The Morgan fingerprint density at radius 1 is 0.882 bits per heavy atom. The SMILES string of the molecule is CCCCN(CCCC)C(O)(CO)CCCC. The number of aliphatic hydroxyl groups excluding tert-OH is 1. The molecule has 1 unspecified atom stereocenters. The largest absolute Gasteiger partial charge is 0.392 e. The maximum absolute atomic E-state index is 10.5. The fourth-order valence-electron chi connectivity index (χ4n) is 2.02. The van der Waals surface area contributed by atoms with Crippen LogP contribution in [-0.2, 0) is 0 Å². The molecule has 0 heterocycles. The molecule has 104 valence electrons. The van der Waals surface area contributed by atoms with Gasteiger partial charge in [-0.3, -0.25) is 4.90 Å². The van der Waals surface area contributed by atoms with Gasteiger partial charge in [-0.1, -0.05) is 40.0 Å². The molecule has 0 amide bonds. The highest BCUT2D eigenvalue weighted by Gasteiger charge is 2.32. The smallest absolute Gasteiger partial charge is 0.141 e. The summed E-state index contributed by atoms with van der Waals surface area (Å²) in [5, 5.41) is 20.0. The van der Waals surface area contributed by atoms with Gasteiger partial charge in [-0.05, 0) is 25.7 Å². The molecule has 0 aromatic heterocycles. The van der Waals surface area contributed by atoms with Gasteiger partial charge in [0.15, 0.2) is 0 Å². The molecular weight excluding hydrogens is 214 g/mol. The summed E-state index contributed by atoms with van der Waals surface area (Å²) < 4.78 is 0. The third kappa shape index (κ3) is 6.39. The quantitative estimate of drug-likeness (QED) is 0.550. The molecule has 0 aliphatic rings. The molecule has 0 aliphatic carbocycles. The van der Waals surface area contributed by atoms with Gasteiger partial charge in [0.1, 0.15) is 5.72 Å². The summed E-state index contributed by atoms with van der Waals surface area (Å²) in [5.74, 6) is 0. The monoisotopic (exact) mass is 245 g/mol. The average Bonchev–Trinajstić information content (AvgIpc) is 2.36. The minimum Gasteiger partial charge on any atom is -0.392 e. The van der Waals surface area contributed by atoms with Crippen molar-refractivity contribution in [2.75, 3.05) is 19.7 Å². The van der Waals surface area contributed by atoms with E-state index < -0.39 is 5.72 Å². The Morgan fingerprint density at radius 3 is 1.71 bits per heavy atom. The highest BCUT2D eigenvalue weighted by molar-refractivity contribution is 4.79. The lowest BCUT2D eigenvalue weighted by Gasteiger charge is -2.39. The van der Waals surface area contributed by atoms with Crippen LogP contribution in [0.2, 0.25) is 0 Å². The Kier molecular flexibility index (Phi) is 9.79. The van der Waals surface area contributed by atoms with Crippen molar-refractivity contribution in [3.63, 3.8) is 0 Å². The van der Waals surface area contributed by atoms with E-state index in [1.54, 1.807) is 0 Å². The molecular formula is C14H31NO2. The van der Waals surface area contributed by atoms with Gasteiger partial charge in [-0.15, -0.1) is 0 Å². The van der Waals surface area contributed by atoms with Crippen molar-refractivity contribution in [2.24, 2.45) is 0 Å². The molecule has 1 atom stereocenters. The molecule has 0 bridgehead atoms. The van der Waals surface area contributed by atoms with E-state index in [2.05, 4.69) is 25.7 Å². The minimum atomic E-state index is -1.000. The Hall–Kier alpha value is -0.120. The third-order valence-corrected chi connectivity index (χ3v) is 3.34. The molecule has 17 heavy (non-hydrogen) atoms. The highest BCUT2D eigenvalue weighted by atomic mass is 16.3. The number of hydrogen-bond acceptors (Lipinski definition) is 3. The zero-order valence-corrected chi connectivity index (χ0v) is 11.9. The summed E-state index contributed by atoms with van der Waals surface area (Å²) in [5.41, 5.74) is -1.000. The summed E-state index contributed by atoms with van der Waals surface area (Å²) in [4.78, 5) is 2.08. The molecule has 0 saturated carbocycles. The third-order valence-electron chi connectivity index (χ3n) is 3.34. The molecule has 0 fully saturated rings. The average molecular weight is 245 g/mol. The van der Waals surface area contributed by atoms with Crippen LogP contribution in [0, 0.1) is 0 Å². The Balaban J connectivity index is 4.44. The van der Waals surface area contributed by atoms with Crippen LogP contribution >= 0.6 is 0 Å². The van der Waals surface area contributed by atoms with Crippen molar-refractivity contribution < 1.29 is 10.2 Å². The molecule has 0 aliphatic heterocycles. The summed E-state index contributed by atoms with van der Waals surface area (Å²) in [6.07, 6.45) is 7.10. The number of unbranched alkanes of at least 4 members (excludes halogenated alkanes) is 3. The van der Waals surface area contributed by atoms with Crippen molar-refractivity contribution in [1.29, 1.82) is 0 Å². The van der Waals surface area contributed by atoms with E-state index in [0.29, 0.717) is 6.42 Å². The van der Waals surface area contributed by atoms with Gasteiger partial charge in [0.2, 0.25) is 0 Å². The lowest BCUT2D eigenvalue weighted by atomic mass is 10.0. The summed E-state index contributed by atoms with van der Waals surface area (Å²) in [7, 11) is 0. The van der Waals surface area contributed by atoms with Crippen molar-refractivity contribution in [1.82, 2.24) is 4.90 Å². The lowest BCUT2D eigenvalue weighted by Crippen LogP contribution is -2.52. The molecule has 3 nitrogen and oxygen atoms in total. The van der Waals surface area contributed by atoms with E-state index in [1.807, 2.05) is 0 Å². The second-order valence-electron chi connectivity index (χ2n) is 4.94. The maximum atomic E-state index is 10.5. The molecule has 0 aromatic rings. The van der Waals surface area contributed by atoms with Crippen LogP contribution in [-0.4, -0.2) is 40.5 Å². The normalized spacial score (nSPS) is 15.2. The van der Waals surface area contributed by atoms with Crippen molar-refractivity contribution >= 4 is 0 Å². The van der Waals surface area contributed by atoms with Gasteiger partial charge in [0.05, 0.1) is 6.61 Å². The van der Waals surface area contributed by atoms with E-state index in [4.69, 9.17) is 0 Å². The first-order valence-corrected chi connectivity index (χ1v) is 7.22. The van der Waals surface area contributed by atoms with Crippen LogP contribution in [0.4, 0.5) is 0 Å². The van der Waals surface area contributed by atoms with Gasteiger partial charge < -0.3 is 10.2 Å².